The summed E-state index contributed by atoms with van der Waals surface area (Å²) in [5.41, 5.74) is 1.00. The van der Waals surface area contributed by atoms with E-state index in [0.717, 1.165) is 4.90 Å². The molecule has 0 saturated carbocycles. The molecule has 0 aliphatic carbocycles. The Morgan fingerprint density at radius 3 is 2.08 bits per heavy atom. The molecule has 3 rings (SSSR count). The molecule has 0 unspecified atom stereocenters. The highest BCUT2D eigenvalue weighted by molar-refractivity contribution is 6.60. The summed E-state index contributed by atoms with van der Waals surface area (Å²) in [6.45, 7) is 0. The standard InChI is InChI=1S/C18H13Cl2NO4/c1-24-13-8-7-12(9-14(13)25-2)21-17(22)15(16(20)18(21)23)10-3-5-11(19)6-4-10/h3-9H,1-2H3. The Balaban J connectivity index is 2.03. The second-order valence-electron chi connectivity index (χ2n) is 5.18. The van der Waals surface area contributed by atoms with Crippen molar-refractivity contribution in [2.24, 2.45) is 0 Å². The minimum absolute atomic E-state index is 0.137. The molecule has 0 N–H and O–H groups in total. The average molecular weight is 378 g/mol. The van der Waals surface area contributed by atoms with E-state index < -0.39 is 11.8 Å². The van der Waals surface area contributed by atoms with Crippen LogP contribution in [0.4, 0.5) is 5.69 Å². The zero-order valence-electron chi connectivity index (χ0n) is 13.4. The van der Waals surface area contributed by atoms with Crippen molar-refractivity contribution in [1.29, 1.82) is 0 Å². The quantitative estimate of drug-likeness (QED) is 0.758. The molecule has 7 heteroatoms. The minimum Gasteiger partial charge on any atom is -0.493 e. The average Bonchev–Trinajstić information content (AvgIpc) is 2.84. The Bertz CT molecular complexity index is 890. The predicted molar refractivity (Wildman–Crippen MR) is 96.3 cm³/mol. The van der Waals surface area contributed by atoms with Crippen molar-refractivity contribution in [3.05, 3.63) is 58.1 Å². The first-order chi connectivity index (χ1) is 12.0. The van der Waals surface area contributed by atoms with Gasteiger partial charge in [0.15, 0.2) is 11.5 Å². The van der Waals surface area contributed by atoms with Crippen LogP contribution in [0.5, 0.6) is 11.5 Å². The maximum absolute atomic E-state index is 12.8. The van der Waals surface area contributed by atoms with E-state index in [9.17, 15) is 9.59 Å². The van der Waals surface area contributed by atoms with Gasteiger partial charge in [0.05, 0.1) is 25.5 Å². The van der Waals surface area contributed by atoms with Gasteiger partial charge in [-0.3, -0.25) is 9.59 Å². The number of nitrogens with zero attached hydrogens (tertiary/aromatic N) is 1. The largest absolute Gasteiger partial charge is 0.493 e. The van der Waals surface area contributed by atoms with Crippen LogP contribution in [0.1, 0.15) is 5.56 Å². The molecule has 2 aromatic carbocycles. The number of methoxy groups -OCH3 is 2. The molecule has 0 spiro atoms. The third-order valence-corrected chi connectivity index (χ3v) is 4.39. The molecule has 0 atom stereocenters. The van der Waals surface area contributed by atoms with Crippen molar-refractivity contribution in [2.45, 2.75) is 0 Å². The summed E-state index contributed by atoms with van der Waals surface area (Å²) in [6.07, 6.45) is 0. The third kappa shape index (κ3) is 2.97. The topological polar surface area (TPSA) is 55.8 Å². The predicted octanol–water partition coefficient (Wildman–Crippen LogP) is 3.88. The van der Waals surface area contributed by atoms with Gasteiger partial charge in [-0.15, -0.1) is 0 Å². The van der Waals surface area contributed by atoms with Gasteiger partial charge in [0.2, 0.25) is 0 Å². The zero-order valence-corrected chi connectivity index (χ0v) is 14.9. The number of ether oxygens (including phenoxy) is 2. The lowest BCUT2D eigenvalue weighted by atomic mass is 10.1. The van der Waals surface area contributed by atoms with Crippen molar-refractivity contribution in [1.82, 2.24) is 0 Å². The normalized spacial score (nSPS) is 14.3. The van der Waals surface area contributed by atoms with E-state index in [2.05, 4.69) is 0 Å². The Hall–Kier alpha value is -2.50. The van der Waals surface area contributed by atoms with Crippen LogP contribution in [0.25, 0.3) is 5.57 Å². The number of rotatable bonds is 4. The lowest BCUT2D eigenvalue weighted by Gasteiger charge is -2.17. The summed E-state index contributed by atoms with van der Waals surface area (Å²) in [5.74, 6) is -0.215. The fourth-order valence-electron chi connectivity index (χ4n) is 2.57. The Labute approximate surface area is 154 Å². The molecule has 1 aliphatic rings. The molecule has 128 valence electrons. The van der Waals surface area contributed by atoms with Crippen molar-refractivity contribution in [3.63, 3.8) is 0 Å². The van der Waals surface area contributed by atoms with Gasteiger partial charge in [-0.25, -0.2) is 4.90 Å². The van der Waals surface area contributed by atoms with E-state index in [1.165, 1.54) is 14.2 Å². The number of imide groups is 1. The van der Waals surface area contributed by atoms with Gasteiger partial charge >= 0.3 is 0 Å². The lowest BCUT2D eigenvalue weighted by molar-refractivity contribution is -0.119. The molecule has 0 fully saturated rings. The molecule has 1 aliphatic heterocycles. The first-order valence-corrected chi connectivity index (χ1v) is 8.00. The van der Waals surface area contributed by atoms with Crippen LogP contribution >= 0.6 is 23.2 Å². The smallest absolute Gasteiger partial charge is 0.277 e. The number of carbonyl (C=O) groups is 2. The van der Waals surface area contributed by atoms with E-state index in [-0.39, 0.29) is 10.6 Å². The summed E-state index contributed by atoms with van der Waals surface area (Å²) in [5, 5.41) is 0.385. The van der Waals surface area contributed by atoms with E-state index in [1.54, 1.807) is 42.5 Å². The summed E-state index contributed by atoms with van der Waals surface area (Å²) < 4.78 is 10.4. The molecule has 25 heavy (non-hydrogen) atoms. The van der Waals surface area contributed by atoms with E-state index in [4.69, 9.17) is 32.7 Å². The SMILES string of the molecule is COc1ccc(N2C(=O)C(Cl)=C(c3ccc(Cl)cc3)C2=O)cc1OC. The monoisotopic (exact) mass is 377 g/mol. The van der Waals surface area contributed by atoms with Crippen LogP contribution in [0.15, 0.2) is 47.5 Å². The number of amides is 2. The molecule has 2 amide bonds. The van der Waals surface area contributed by atoms with Gasteiger partial charge in [0.25, 0.3) is 11.8 Å². The molecular weight excluding hydrogens is 365 g/mol. The minimum atomic E-state index is -0.594. The summed E-state index contributed by atoms with van der Waals surface area (Å²) in [6, 6.07) is 11.3. The molecule has 2 aromatic rings. The highest BCUT2D eigenvalue weighted by Gasteiger charge is 2.39. The van der Waals surface area contributed by atoms with Crippen molar-refractivity contribution < 1.29 is 19.1 Å². The van der Waals surface area contributed by atoms with Crippen LogP contribution < -0.4 is 14.4 Å². The van der Waals surface area contributed by atoms with Gasteiger partial charge < -0.3 is 9.47 Å². The highest BCUT2D eigenvalue weighted by Crippen LogP contribution is 2.38. The van der Waals surface area contributed by atoms with Gasteiger partial charge in [-0.05, 0) is 29.8 Å². The van der Waals surface area contributed by atoms with Crippen LogP contribution in [-0.4, -0.2) is 26.0 Å². The molecular formula is C18H13Cl2NO4. The number of carbonyl (C=O) groups excluding carboxylic acids is 2. The summed E-state index contributed by atoms with van der Waals surface area (Å²) >= 11 is 12.0. The number of hydrogen-bond acceptors (Lipinski definition) is 4. The maximum Gasteiger partial charge on any atom is 0.277 e. The fourth-order valence-corrected chi connectivity index (χ4v) is 2.97. The van der Waals surface area contributed by atoms with Gasteiger partial charge in [-0.1, -0.05) is 35.3 Å². The van der Waals surface area contributed by atoms with Crippen LogP contribution in [0.3, 0.4) is 0 Å². The molecule has 0 radical (unpaired) electrons. The number of anilines is 1. The molecule has 5 nitrogen and oxygen atoms in total. The summed E-state index contributed by atoms with van der Waals surface area (Å²) in [4.78, 5) is 26.4. The van der Waals surface area contributed by atoms with Crippen LogP contribution in [0, 0.1) is 0 Å². The molecule has 0 aromatic heterocycles. The first kappa shape index (κ1) is 17.3. The van der Waals surface area contributed by atoms with Gasteiger partial charge in [0.1, 0.15) is 5.03 Å². The third-order valence-electron chi connectivity index (χ3n) is 3.79. The van der Waals surface area contributed by atoms with Crippen molar-refractivity contribution in [2.75, 3.05) is 19.1 Å². The highest BCUT2D eigenvalue weighted by atomic mass is 35.5. The lowest BCUT2D eigenvalue weighted by Crippen LogP contribution is -2.31. The van der Waals surface area contributed by atoms with E-state index in [0.29, 0.717) is 27.8 Å². The maximum atomic E-state index is 12.8. The Morgan fingerprint density at radius 2 is 1.48 bits per heavy atom. The second kappa shape index (κ2) is 6.78. The first-order valence-electron chi connectivity index (χ1n) is 7.24. The molecule has 0 bridgehead atoms. The zero-order chi connectivity index (χ0) is 18.1. The molecule has 0 saturated heterocycles. The molecule has 1 heterocycles. The van der Waals surface area contributed by atoms with Crippen LogP contribution in [-0.2, 0) is 9.59 Å². The second-order valence-corrected chi connectivity index (χ2v) is 6.00. The summed E-state index contributed by atoms with van der Waals surface area (Å²) in [7, 11) is 2.97. The fraction of sp³-hybridized carbons (Fsp3) is 0.111. The number of hydrogen-bond donors (Lipinski definition) is 0. The number of benzene rings is 2. The van der Waals surface area contributed by atoms with E-state index >= 15 is 0 Å². The van der Waals surface area contributed by atoms with Gasteiger partial charge in [-0.2, -0.15) is 0 Å². The van der Waals surface area contributed by atoms with Crippen LogP contribution in [0.2, 0.25) is 5.02 Å². The Morgan fingerprint density at radius 1 is 0.840 bits per heavy atom. The van der Waals surface area contributed by atoms with Crippen molar-refractivity contribution >= 4 is 46.3 Å². The number of halogens is 2. The van der Waals surface area contributed by atoms with Crippen molar-refractivity contribution in [3.8, 4) is 11.5 Å². The van der Waals surface area contributed by atoms with Gasteiger partial charge in [0, 0.05) is 11.1 Å². The Kier molecular flexibility index (Phi) is 4.70. The van der Waals surface area contributed by atoms with E-state index in [1.807, 2.05) is 0 Å².